The number of benzene rings is 1. The van der Waals surface area contributed by atoms with Crippen LogP contribution in [0, 0.1) is 0 Å². The summed E-state index contributed by atoms with van der Waals surface area (Å²) in [4.78, 5) is 3.98. The second-order valence-corrected chi connectivity index (χ2v) is 4.21. The van der Waals surface area contributed by atoms with Gasteiger partial charge in [-0.2, -0.15) is 0 Å². The lowest BCUT2D eigenvalue weighted by atomic mass is 10.3. The van der Waals surface area contributed by atoms with E-state index in [4.69, 9.17) is 39.5 Å². The summed E-state index contributed by atoms with van der Waals surface area (Å²) in [5, 5.41) is 1.36. The van der Waals surface area contributed by atoms with Crippen molar-refractivity contribution in [2.24, 2.45) is 0 Å². The second-order valence-electron chi connectivity index (χ2n) is 2.98. The van der Waals surface area contributed by atoms with E-state index in [1.54, 1.807) is 36.4 Å². The third-order valence-corrected chi connectivity index (χ3v) is 2.56. The van der Waals surface area contributed by atoms with Crippen LogP contribution in [0.15, 0.2) is 36.4 Å². The van der Waals surface area contributed by atoms with Crippen LogP contribution >= 0.6 is 34.8 Å². The Hall–Kier alpha value is -0.960. The monoisotopic (exact) mass is 273 g/mol. The molecule has 0 aliphatic heterocycles. The van der Waals surface area contributed by atoms with Gasteiger partial charge in [-0.1, -0.05) is 40.9 Å². The zero-order valence-electron chi connectivity index (χ0n) is 7.95. The van der Waals surface area contributed by atoms with E-state index in [9.17, 15) is 0 Å². The predicted molar refractivity (Wildman–Crippen MR) is 65.8 cm³/mol. The van der Waals surface area contributed by atoms with E-state index >= 15 is 0 Å². The lowest BCUT2D eigenvalue weighted by Crippen LogP contribution is -1.88. The molecule has 0 aliphatic rings. The van der Waals surface area contributed by atoms with Crippen LogP contribution < -0.4 is 4.74 Å². The van der Waals surface area contributed by atoms with Crippen LogP contribution in [0.4, 0.5) is 0 Å². The average molecular weight is 275 g/mol. The molecule has 0 unspecified atom stereocenters. The van der Waals surface area contributed by atoms with Crippen molar-refractivity contribution in [2.75, 3.05) is 0 Å². The molecule has 1 heterocycles. The third kappa shape index (κ3) is 2.79. The topological polar surface area (TPSA) is 22.1 Å². The summed E-state index contributed by atoms with van der Waals surface area (Å²) < 4.78 is 5.46. The molecule has 0 aliphatic carbocycles. The highest BCUT2D eigenvalue weighted by atomic mass is 35.5. The number of aromatic nitrogens is 1. The van der Waals surface area contributed by atoms with Crippen LogP contribution in [0.2, 0.25) is 15.2 Å². The summed E-state index contributed by atoms with van der Waals surface area (Å²) in [6, 6.07) is 10.0. The van der Waals surface area contributed by atoms with E-state index < -0.39 is 0 Å². The molecule has 1 aromatic carbocycles. The maximum atomic E-state index is 5.94. The fourth-order valence-corrected chi connectivity index (χ4v) is 1.59. The van der Waals surface area contributed by atoms with Gasteiger partial charge in [-0.3, -0.25) is 0 Å². The summed E-state index contributed by atoms with van der Waals surface area (Å²) in [5.74, 6) is 0.820. The first-order chi connectivity index (χ1) is 7.65. The van der Waals surface area contributed by atoms with Gasteiger partial charge < -0.3 is 4.74 Å². The van der Waals surface area contributed by atoms with Gasteiger partial charge in [0.25, 0.3) is 0 Å². The van der Waals surface area contributed by atoms with Crippen molar-refractivity contribution >= 4 is 34.8 Å². The van der Waals surface area contributed by atoms with Gasteiger partial charge in [0.2, 0.25) is 5.88 Å². The molecule has 16 heavy (non-hydrogen) atoms. The Morgan fingerprint density at radius 1 is 1.00 bits per heavy atom. The molecule has 1 aromatic heterocycles. The number of hydrogen-bond acceptors (Lipinski definition) is 2. The SMILES string of the molecule is Clc1ccc(Cl)c(Oc2cccc(Cl)n2)c1. The highest BCUT2D eigenvalue weighted by molar-refractivity contribution is 6.34. The van der Waals surface area contributed by atoms with Crippen molar-refractivity contribution in [2.45, 2.75) is 0 Å². The molecule has 82 valence electrons. The molecule has 0 saturated heterocycles. The van der Waals surface area contributed by atoms with E-state index in [0.29, 0.717) is 26.8 Å². The van der Waals surface area contributed by atoms with Gasteiger partial charge in [0, 0.05) is 17.2 Å². The standard InChI is InChI=1S/C11H6Cl3NO/c12-7-4-5-8(13)9(6-7)16-11-3-1-2-10(14)15-11/h1-6H. The van der Waals surface area contributed by atoms with Crippen molar-refractivity contribution in [1.82, 2.24) is 4.98 Å². The van der Waals surface area contributed by atoms with Crippen LogP contribution in [-0.2, 0) is 0 Å². The number of ether oxygens (including phenoxy) is 1. The fourth-order valence-electron chi connectivity index (χ4n) is 1.11. The number of rotatable bonds is 2. The Labute approximate surface area is 108 Å². The summed E-state index contributed by atoms with van der Waals surface area (Å²) in [7, 11) is 0. The van der Waals surface area contributed by atoms with Crippen molar-refractivity contribution in [3.05, 3.63) is 51.6 Å². The van der Waals surface area contributed by atoms with Crippen molar-refractivity contribution < 1.29 is 4.74 Å². The Morgan fingerprint density at radius 2 is 1.81 bits per heavy atom. The summed E-state index contributed by atoms with van der Waals surface area (Å²) in [6.45, 7) is 0. The Morgan fingerprint density at radius 3 is 2.56 bits per heavy atom. The van der Waals surface area contributed by atoms with E-state index in [1.165, 1.54) is 0 Å². The molecule has 0 fully saturated rings. The third-order valence-electron chi connectivity index (χ3n) is 1.80. The number of pyridine rings is 1. The Kier molecular flexibility index (Phi) is 3.54. The molecule has 0 N–H and O–H groups in total. The highest BCUT2D eigenvalue weighted by Gasteiger charge is 2.05. The van der Waals surface area contributed by atoms with Gasteiger partial charge in [-0.15, -0.1) is 0 Å². The number of halogens is 3. The maximum Gasteiger partial charge on any atom is 0.220 e. The van der Waals surface area contributed by atoms with Crippen LogP contribution in [0.5, 0.6) is 11.6 Å². The molecule has 0 saturated carbocycles. The minimum Gasteiger partial charge on any atom is -0.437 e. The summed E-state index contributed by atoms with van der Waals surface area (Å²) >= 11 is 17.5. The lowest BCUT2D eigenvalue weighted by molar-refractivity contribution is 0.463. The molecule has 0 spiro atoms. The van der Waals surface area contributed by atoms with Crippen LogP contribution in [0.25, 0.3) is 0 Å². The van der Waals surface area contributed by atoms with E-state index in [2.05, 4.69) is 4.98 Å². The normalized spacial score (nSPS) is 10.2. The van der Waals surface area contributed by atoms with Crippen molar-refractivity contribution in [1.29, 1.82) is 0 Å². The number of nitrogens with zero attached hydrogens (tertiary/aromatic N) is 1. The van der Waals surface area contributed by atoms with E-state index in [0.717, 1.165) is 0 Å². The predicted octanol–water partition coefficient (Wildman–Crippen LogP) is 4.83. The molecule has 2 aromatic rings. The molecular formula is C11H6Cl3NO. The molecule has 5 heteroatoms. The zero-order chi connectivity index (χ0) is 11.5. The van der Waals surface area contributed by atoms with Gasteiger partial charge in [-0.25, -0.2) is 4.98 Å². The first-order valence-corrected chi connectivity index (χ1v) is 5.54. The van der Waals surface area contributed by atoms with Crippen LogP contribution in [0.1, 0.15) is 0 Å². The second kappa shape index (κ2) is 4.91. The summed E-state index contributed by atoms with van der Waals surface area (Å²) in [5.41, 5.74) is 0. The zero-order valence-corrected chi connectivity index (χ0v) is 10.2. The van der Waals surface area contributed by atoms with Crippen molar-refractivity contribution in [3.8, 4) is 11.6 Å². The van der Waals surface area contributed by atoms with E-state index in [1.807, 2.05) is 0 Å². The molecule has 0 amide bonds. The van der Waals surface area contributed by atoms with Crippen LogP contribution in [-0.4, -0.2) is 4.98 Å². The minimum absolute atomic E-state index is 0.357. The molecule has 0 radical (unpaired) electrons. The first-order valence-electron chi connectivity index (χ1n) is 4.40. The quantitative estimate of drug-likeness (QED) is 0.731. The number of hydrogen-bond donors (Lipinski definition) is 0. The lowest BCUT2D eigenvalue weighted by Gasteiger charge is -2.06. The van der Waals surface area contributed by atoms with Crippen LogP contribution in [0.3, 0.4) is 0 Å². The smallest absolute Gasteiger partial charge is 0.220 e. The van der Waals surface area contributed by atoms with Gasteiger partial charge in [0.1, 0.15) is 10.9 Å². The average Bonchev–Trinajstić information content (AvgIpc) is 2.24. The molecule has 2 nitrogen and oxygen atoms in total. The molecule has 2 rings (SSSR count). The highest BCUT2D eigenvalue weighted by Crippen LogP contribution is 2.31. The molecule has 0 atom stereocenters. The van der Waals surface area contributed by atoms with Gasteiger partial charge in [-0.05, 0) is 18.2 Å². The fraction of sp³-hybridized carbons (Fsp3) is 0. The van der Waals surface area contributed by atoms with Gasteiger partial charge >= 0.3 is 0 Å². The minimum atomic E-state index is 0.357. The van der Waals surface area contributed by atoms with Gasteiger partial charge in [0.05, 0.1) is 5.02 Å². The molecule has 0 bridgehead atoms. The maximum absolute atomic E-state index is 5.94. The Bertz CT molecular complexity index is 516. The largest absolute Gasteiger partial charge is 0.437 e. The first kappa shape index (κ1) is 11.5. The molecular weight excluding hydrogens is 268 g/mol. The summed E-state index contributed by atoms with van der Waals surface area (Å²) in [6.07, 6.45) is 0. The van der Waals surface area contributed by atoms with Crippen molar-refractivity contribution in [3.63, 3.8) is 0 Å². The van der Waals surface area contributed by atoms with E-state index in [-0.39, 0.29) is 0 Å². The Balaban J connectivity index is 2.30. The van der Waals surface area contributed by atoms with Gasteiger partial charge in [0.15, 0.2) is 0 Å².